The minimum Gasteiger partial charge on any atom is -0.493 e. The molecule has 6 nitrogen and oxygen atoms in total. The third kappa shape index (κ3) is 3.33. The van der Waals surface area contributed by atoms with E-state index in [0.29, 0.717) is 41.8 Å². The summed E-state index contributed by atoms with van der Waals surface area (Å²) in [4.78, 5) is 15.1. The summed E-state index contributed by atoms with van der Waals surface area (Å²) in [5.41, 5.74) is 1.52. The van der Waals surface area contributed by atoms with Gasteiger partial charge in [0.05, 0.1) is 25.3 Å². The lowest BCUT2D eigenvalue weighted by atomic mass is 10.0. The fourth-order valence-corrected chi connectivity index (χ4v) is 4.12. The van der Waals surface area contributed by atoms with Gasteiger partial charge >= 0.3 is 0 Å². The molecule has 2 aromatic carbocycles. The number of hydrogen-bond donors (Lipinski definition) is 0. The van der Waals surface area contributed by atoms with Crippen LogP contribution < -0.4 is 18.9 Å². The monoisotopic (exact) mass is 403 g/mol. The Balaban J connectivity index is 1.63. The molecule has 0 bridgehead atoms. The Kier molecular flexibility index (Phi) is 5.22. The zero-order valence-electron chi connectivity index (χ0n) is 15.9. The van der Waals surface area contributed by atoms with Gasteiger partial charge < -0.3 is 23.8 Å². The first-order valence-electron chi connectivity index (χ1n) is 9.24. The van der Waals surface area contributed by atoms with Gasteiger partial charge in [0, 0.05) is 12.1 Å². The summed E-state index contributed by atoms with van der Waals surface area (Å²) in [5.74, 6) is 2.26. The third-order valence-electron chi connectivity index (χ3n) is 5.15. The molecule has 0 saturated carbocycles. The Hall–Kier alpha value is -2.60. The van der Waals surface area contributed by atoms with E-state index in [2.05, 4.69) is 0 Å². The first-order chi connectivity index (χ1) is 13.6. The summed E-state index contributed by atoms with van der Waals surface area (Å²) in [6.45, 7) is 1.78. The van der Waals surface area contributed by atoms with E-state index in [1.165, 1.54) is 14.2 Å². The number of nitrogens with zero attached hydrogens (tertiary/aromatic N) is 1. The maximum Gasteiger partial charge on any atom is 0.254 e. The van der Waals surface area contributed by atoms with Crippen molar-refractivity contribution in [3.05, 3.63) is 46.5 Å². The van der Waals surface area contributed by atoms with Crippen molar-refractivity contribution in [1.29, 1.82) is 0 Å². The molecule has 28 heavy (non-hydrogen) atoms. The van der Waals surface area contributed by atoms with Crippen molar-refractivity contribution >= 4 is 17.5 Å². The average molecular weight is 404 g/mol. The van der Waals surface area contributed by atoms with E-state index in [4.69, 9.17) is 30.5 Å². The van der Waals surface area contributed by atoms with Gasteiger partial charge in [-0.1, -0.05) is 17.7 Å². The van der Waals surface area contributed by atoms with Gasteiger partial charge in [-0.2, -0.15) is 0 Å². The van der Waals surface area contributed by atoms with Gasteiger partial charge in [-0.3, -0.25) is 4.79 Å². The Morgan fingerprint density at radius 1 is 1.11 bits per heavy atom. The van der Waals surface area contributed by atoms with Crippen LogP contribution in [0, 0.1) is 0 Å². The predicted molar refractivity (Wildman–Crippen MR) is 105 cm³/mol. The zero-order valence-corrected chi connectivity index (χ0v) is 16.6. The maximum absolute atomic E-state index is 13.3. The molecule has 0 aromatic heterocycles. The number of ether oxygens (including phenoxy) is 4. The SMILES string of the molecule is COc1cc(C(=O)N2CCCC2c2ccc3c(c2)OCCO3)cc(Cl)c1OC. The highest BCUT2D eigenvalue weighted by Gasteiger charge is 2.32. The molecular weight excluding hydrogens is 382 g/mol. The van der Waals surface area contributed by atoms with Crippen molar-refractivity contribution in [2.75, 3.05) is 34.0 Å². The van der Waals surface area contributed by atoms with Gasteiger partial charge in [0.15, 0.2) is 23.0 Å². The fourth-order valence-electron chi connectivity index (χ4n) is 3.83. The smallest absolute Gasteiger partial charge is 0.254 e. The summed E-state index contributed by atoms with van der Waals surface area (Å²) in [5, 5.41) is 0.347. The molecule has 4 rings (SSSR count). The molecule has 1 fully saturated rings. The number of fused-ring (bicyclic) bond motifs is 1. The second-order valence-corrected chi connectivity index (χ2v) is 7.16. The molecule has 2 aromatic rings. The van der Waals surface area contributed by atoms with E-state index in [0.717, 1.165) is 29.9 Å². The first kappa shape index (κ1) is 18.7. The number of likely N-dealkylation sites (tertiary alicyclic amines) is 1. The molecule has 2 aliphatic heterocycles. The Morgan fingerprint density at radius 3 is 2.64 bits per heavy atom. The van der Waals surface area contributed by atoms with Crippen LogP contribution >= 0.6 is 11.6 Å². The lowest BCUT2D eigenvalue weighted by molar-refractivity contribution is 0.0734. The van der Waals surface area contributed by atoms with Gasteiger partial charge in [0.25, 0.3) is 5.91 Å². The summed E-state index contributed by atoms with van der Waals surface area (Å²) in [6, 6.07) is 9.18. The Bertz CT molecular complexity index is 901. The molecule has 2 heterocycles. The van der Waals surface area contributed by atoms with Gasteiger partial charge in [0.2, 0.25) is 0 Å². The van der Waals surface area contributed by atoms with Crippen LogP contribution in [0.1, 0.15) is 34.8 Å². The molecule has 0 aliphatic carbocycles. The minimum absolute atomic E-state index is 0.0183. The maximum atomic E-state index is 13.3. The van der Waals surface area contributed by atoms with Gasteiger partial charge in [0.1, 0.15) is 13.2 Å². The minimum atomic E-state index is -0.0831. The van der Waals surface area contributed by atoms with Gasteiger partial charge in [-0.15, -0.1) is 0 Å². The second-order valence-electron chi connectivity index (χ2n) is 6.75. The van der Waals surface area contributed by atoms with Crippen molar-refractivity contribution in [3.8, 4) is 23.0 Å². The van der Waals surface area contributed by atoms with Crippen LogP contribution in [0.3, 0.4) is 0 Å². The molecule has 0 spiro atoms. The average Bonchev–Trinajstić information content (AvgIpc) is 3.22. The predicted octanol–water partition coefficient (Wildman–Crippen LogP) is 4.11. The van der Waals surface area contributed by atoms with Crippen LogP contribution in [0.25, 0.3) is 0 Å². The van der Waals surface area contributed by atoms with Crippen LogP contribution in [0.15, 0.2) is 30.3 Å². The highest BCUT2D eigenvalue weighted by atomic mass is 35.5. The highest BCUT2D eigenvalue weighted by molar-refractivity contribution is 6.32. The standard InChI is InChI=1S/C21H22ClNO5/c1-25-19-12-14(10-15(22)20(19)26-2)21(24)23-7-3-4-16(23)13-5-6-17-18(11-13)28-9-8-27-17/h5-6,10-12,16H,3-4,7-9H2,1-2H3. The van der Waals surface area contributed by atoms with E-state index < -0.39 is 0 Å². The van der Waals surface area contributed by atoms with Crippen molar-refractivity contribution in [1.82, 2.24) is 4.90 Å². The van der Waals surface area contributed by atoms with Gasteiger partial charge in [-0.25, -0.2) is 0 Å². The van der Waals surface area contributed by atoms with Crippen LogP contribution in [-0.2, 0) is 0 Å². The molecule has 1 atom stereocenters. The van der Waals surface area contributed by atoms with Crippen LogP contribution in [0.4, 0.5) is 0 Å². The fraction of sp³-hybridized carbons (Fsp3) is 0.381. The second kappa shape index (κ2) is 7.80. The number of amides is 1. The van der Waals surface area contributed by atoms with E-state index in [9.17, 15) is 4.79 Å². The normalized spacial score (nSPS) is 18.1. The number of halogens is 1. The number of rotatable bonds is 4. The van der Waals surface area contributed by atoms with Crippen molar-refractivity contribution in [2.45, 2.75) is 18.9 Å². The molecule has 1 saturated heterocycles. The highest BCUT2D eigenvalue weighted by Crippen LogP contribution is 2.40. The molecule has 7 heteroatoms. The lowest BCUT2D eigenvalue weighted by Crippen LogP contribution is -2.30. The summed E-state index contributed by atoms with van der Waals surface area (Å²) >= 11 is 6.29. The van der Waals surface area contributed by atoms with Crippen LogP contribution in [0.2, 0.25) is 5.02 Å². The van der Waals surface area contributed by atoms with Crippen LogP contribution in [-0.4, -0.2) is 44.8 Å². The number of hydrogen-bond acceptors (Lipinski definition) is 5. The molecule has 1 unspecified atom stereocenters. The quantitative estimate of drug-likeness (QED) is 0.769. The Morgan fingerprint density at radius 2 is 1.89 bits per heavy atom. The van der Waals surface area contributed by atoms with Crippen LogP contribution in [0.5, 0.6) is 23.0 Å². The summed E-state index contributed by atoms with van der Waals surface area (Å²) in [6.07, 6.45) is 1.83. The van der Waals surface area contributed by atoms with E-state index in [-0.39, 0.29) is 11.9 Å². The molecule has 2 aliphatic rings. The number of benzene rings is 2. The first-order valence-corrected chi connectivity index (χ1v) is 9.62. The van der Waals surface area contributed by atoms with Gasteiger partial charge in [-0.05, 0) is 42.7 Å². The number of methoxy groups -OCH3 is 2. The molecule has 1 amide bonds. The zero-order chi connectivity index (χ0) is 19.7. The third-order valence-corrected chi connectivity index (χ3v) is 5.43. The van der Waals surface area contributed by atoms with E-state index in [1.54, 1.807) is 12.1 Å². The Labute approximate surface area is 168 Å². The number of carbonyl (C=O) groups is 1. The summed E-state index contributed by atoms with van der Waals surface area (Å²) in [7, 11) is 3.04. The van der Waals surface area contributed by atoms with Crippen molar-refractivity contribution < 1.29 is 23.7 Å². The largest absolute Gasteiger partial charge is 0.493 e. The van der Waals surface area contributed by atoms with E-state index >= 15 is 0 Å². The summed E-state index contributed by atoms with van der Waals surface area (Å²) < 4.78 is 21.9. The number of carbonyl (C=O) groups excluding carboxylic acids is 1. The molecular formula is C21H22ClNO5. The molecule has 0 N–H and O–H groups in total. The molecule has 148 valence electrons. The van der Waals surface area contributed by atoms with Crippen molar-refractivity contribution in [2.24, 2.45) is 0 Å². The molecule has 0 radical (unpaired) electrons. The topological polar surface area (TPSA) is 57.2 Å². The van der Waals surface area contributed by atoms with Crippen molar-refractivity contribution in [3.63, 3.8) is 0 Å². The van der Waals surface area contributed by atoms with E-state index in [1.807, 2.05) is 23.1 Å². The lowest BCUT2D eigenvalue weighted by Gasteiger charge is -2.27.